The molecule has 3 heterocycles. The van der Waals surface area contributed by atoms with Crippen molar-refractivity contribution < 1.29 is 23.2 Å². The number of anilines is 2. The quantitative estimate of drug-likeness (QED) is 0.168. The van der Waals surface area contributed by atoms with Crippen molar-refractivity contribution in [2.45, 2.75) is 126 Å². The van der Waals surface area contributed by atoms with E-state index in [2.05, 4.69) is 42.2 Å². The zero-order chi connectivity index (χ0) is 37.2. The highest BCUT2D eigenvalue weighted by molar-refractivity contribution is 6.01. The Morgan fingerprint density at radius 2 is 1.54 bits per heavy atom. The van der Waals surface area contributed by atoms with Gasteiger partial charge in [0.1, 0.15) is 17.6 Å². The van der Waals surface area contributed by atoms with Crippen LogP contribution in [0.25, 0.3) is 11.3 Å². The van der Waals surface area contributed by atoms with E-state index in [4.69, 9.17) is 0 Å². The van der Waals surface area contributed by atoms with E-state index in [9.17, 15) is 18.8 Å². The van der Waals surface area contributed by atoms with Crippen LogP contribution in [-0.2, 0) is 14.4 Å². The Hall–Kier alpha value is -4.45. The van der Waals surface area contributed by atoms with Gasteiger partial charge in [-0.1, -0.05) is 24.3 Å². The number of halogens is 2. The first-order chi connectivity index (χ1) is 26.3. The summed E-state index contributed by atoms with van der Waals surface area (Å²) in [5.41, 5.74) is 3.61. The summed E-state index contributed by atoms with van der Waals surface area (Å²) in [7, 11) is 0. The molecule has 12 heteroatoms. The van der Waals surface area contributed by atoms with Crippen molar-refractivity contribution in [3.05, 3.63) is 71.4 Å². The van der Waals surface area contributed by atoms with Gasteiger partial charge in [0.15, 0.2) is 5.82 Å². The lowest BCUT2D eigenvalue weighted by Crippen LogP contribution is -2.47. The topological polar surface area (TPSA) is 128 Å². The van der Waals surface area contributed by atoms with Crippen molar-refractivity contribution in [1.29, 1.82) is 0 Å². The number of amides is 3. The van der Waals surface area contributed by atoms with Crippen molar-refractivity contribution in [2.75, 3.05) is 23.7 Å². The van der Waals surface area contributed by atoms with Gasteiger partial charge in [-0.25, -0.2) is 18.7 Å². The third-order valence-electron chi connectivity index (χ3n) is 12.5. The lowest BCUT2D eigenvalue weighted by atomic mass is 9.83. The molecule has 54 heavy (non-hydrogen) atoms. The molecule has 3 aromatic rings. The van der Waals surface area contributed by atoms with Crippen LogP contribution >= 0.6 is 0 Å². The van der Waals surface area contributed by atoms with E-state index >= 15 is 4.39 Å². The minimum atomic E-state index is -0.539. The Kier molecular flexibility index (Phi) is 10.9. The maximum atomic E-state index is 15.2. The molecule has 0 radical (unpaired) electrons. The van der Waals surface area contributed by atoms with Crippen LogP contribution in [0.3, 0.4) is 0 Å². The summed E-state index contributed by atoms with van der Waals surface area (Å²) >= 11 is 0. The van der Waals surface area contributed by atoms with Crippen LogP contribution in [0.1, 0.15) is 113 Å². The van der Waals surface area contributed by atoms with E-state index in [0.717, 1.165) is 88.4 Å². The van der Waals surface area contributed by atoms with Gasteiger partial charge in [-0.05, 0) is 138 Å². The molecular weight excluding hydrogens is 689 g/mol. The predicted octanol–water partition coefficient (Wildman–Crippen LogP) is 6.79. The van der Waals surface area contributed by atoms with E-state index in [1.165, 1.54) is 30.7 Å². The maximum absolute atomic E-state index is 15.2. The number of carbonyl (C=O) groups excluding carboxylic acids is 3. The summed E-state index contributed by atoms with van der Waals surface area (Å²) in [4.78, 5) is 48.2. The van der Waals surface area contributed by atoms with Crippen LogP contribution < -0.4 is 21.3 Å². The number of carbonyl (C=O) groups is 3. The van der Waals surface area contributed by atoms with E-state index < -0.39 is 11.9 Å². The molecule has 4 N–H and O–H groups in total. The number of aromatic nitrogens is 2. The second kappa shape index (κ2) is 16.1. The summed E-state index contributed by atoms with van der Waals surface area (Å²) < 4.78 is 30.0. The summed E-state index contributed by atoms with van der Waals surface area (Å²) in [6.07, 6.45) is 13.4. The van der Waals surface area contributed by atoms with Gasteiger partial charge in [-0.15, -0.1) is 0 Å². The minimum absolute atomic E-state index is 0.00247. The summed E-state index contributed by atoms with van der Waals surface area (Å²) in [6, 6.07) is 13.5. The highest BCUT2D eigenvalue weighted by Crippen LogP contribution is 2.41. The monoisotopic (exact) mass is 739 g/mol. The molecule has 1 unspecified atom stereocenters. The lowest BCUT2D eigenvalue weighted by Gasteiger charge is -2.41. The molecule has 1 atom stereocenters. The molecule has 0 bridgehead atoms. The highest BCUT2D eigenvalue weighted by Gasteiger charge is 2.33. The van der Waals surface area contributed by atoms with E-state index in [1.54, 1.807) is 0 Å². The Bertz CT molecular complexity index is 1850. The molecule has 10 nitrogen and oxygen atoms in total. The SMILES string of the molecule is O=C1CCC(Nc2ccc(C3CCN(C4CCC(NC(=O)C5CCC(Nc6ncc(F)c(-c7cccc(C8CC8)c7)n6)CC5)CC4)CC3)c(F)c2)C(=O)N1. The number of likely N-dealkylation sites (tertiary alicyclic amines) is 1. The third kappa shape index (κ3) is 8.59. The van der Waals surface area contributed by atoms with Crippen LogP contribution in [0.5, 0.6) is 0 Å². The molecule has 8 rings (SSSR count). The van der Waals surface area contributed by atoms with Crippen LogP contribution in [0.2, 0.25) is 0 Å². The van der Waals surface area contributed by atoms with Crippen LogP contribution in [0.15, 0.2) is 48.7 Å². The number of imide groups is 1. The number of hydrogen-bond acceptors (Lipinski definition) is 8. The Morgan fingerprint density at radius 1 is 0.778 bits per heavy atom. The van der Waals surface area contributed by atoms with Gasteiger partial charge in [-0.3, -0.25) is 19.7 Å². The lowest BCUT2D eigenvalue weighted by molar-refractivity contribution is -0.133. The Labute approximate surface area is 315 Å². The van der Waals surface area contributed by atoms with E-state index in [1.807, 2.05) is 30.3 Å². The molecule has 3 amide bonds. The van der Waals surface area contributed by atoms with Crippen molar-refractivity contribution in [2.24, 2.45) is 5.92 Å². The van der Waals surface area contributed by atoms with Crippen LogP contribution in [0, 0.1) is 17.6 Å². The molecule has 3 saturated carbocycles. The zero-order valence-electron chi connectivity index (χ0n) is 30.8. The molecule has 0 spiro atoms. The number of rotatable bonds is 10. The summed E-state index contributed by atoms with van der Waals surface area (Å²) in [5.74, 6) is -0.000445. The Morgan fingerprint density at radius 3 is 2.26 bits per heavy atom. The second-order valence-corrected chi connectivity index (χ2v) is 16.2. The Balaban J connectivity index is 0.748. The highest BCUT2D eigenvalue weighted by atomic mass is 19.1. The van der Waals surface area contributed by atoms with Gasteiger partial charge < -0.3 is 20.9 Å². The average molecular weight is 740 g/mol. The standard InChI is InChI=1S/C42H51F2N7O3/c43-35-23-32(46-37-16-17-38(52)49-41(37)54)12-15-34(35)26-18-20-51(21-19-26)33-13-10-30(11-14-33)47-40(53)27-6-8-31(9-7-27)48-42-45-24-36(44)39(50-42)29-3-1-2-28(22-29)25-4-5-25/h1-3,12,15,22-27,30-31,33,37,46H,4-11,13-14,16-21H2,(H,47,53)(H,45,48,50)(H,49,52,54). The number of piperidine rings is 2. The van der Waals surface area contributed by atoms with Crippen molar-refractivity contribution >= 4 is 29.4 Å². The smallest absolute Gasteiger partial charge is 0.249 e. The van der Waals surface area contributed by atoms with Gasteiger partial charge in [0.2, 0.25) is 23.7 Å². The number of benzene rings is 2. The molecule has 5 aliphatic rings. The average Bonchev–Trinajstić information content (AvgIpc) is 4.04. The molecule has 2 aromatic carbocycles. The summed E-state index contributed by atoms with van der Waals surface area (Å²) in [6.45, 7) is 1.86. The van der Waals surface area contributed by atoms with Gasteiger partial charge >= 0.3 is 0 Å². The minimum Gasteiger partial charge on any atom is -0.374 e. The fourth-order valence-corrected chi connectivity index (χ4v) is 9.14. The first kappa shape index (κ1) is 36.5. The zero-order valence-corrected chi connectivity index (χ0v) is 30.8. The van der Waals surface area contributed by atoms with Gasteiger partial charge in [0.05, 0.1) is 6.20 Å². The molecular formula is C42H51F2N7O3. The van der Waals surface area contributed by atoms with Gasteiger partial charge in [-0.2, -0.15) is 0 Å². The van der Waals surface area contributed by atoms with E-state index in [0.29, 0.717) is 35.7 Å². The molecule has 1 aromatic heterocycles. The molecule has 2 saturated heterocycles. The first-order valence-electron chi connectivity index (χ1n) is 20.1. The van der Waals surface area contributed by atoms with Crippen LogP contribution in [0.4, 0.5) is 20.4 Å². The second-order valence-electron chi connectivity index (χ2n) is 16.2. The maximum Gasteiger partial charge on any atom is 0.249 e. The first-order valence-corrected chi connectivity index (χ1v) is 20.1. The van der Waals surface area contributed by atoms with E-state index in [-0.39, 0.29) is 53.9 Å². The molecule has 5 fully saturated rings. The number of nitrogens with zero attached hydrogens (tertiary/aromatic N) is 3. The largest absolute Gasteiger partial charge is 0.374 e. The third-order valence-corrected chi connectivity index (χ3v) is 12.5. The number of nitrogens with one attached hydrogen (secondary N) is 4. The molecule has 286 valence electrons. The van der Waals surface area contributed by atoms with Crippen molar-refractivity contribution in [3.8, 4) is 11.3 Å². The summed E-state index contributed by atoms with van der Waals surface area (Å²) in [5, 5.41) is 12.2. The molecule has 2 aliphatic heterocycles. The van der Waals surface area contributed by atoms with Crippen LogP contribution in [-0.4, -0.2) is 69.8 Å². The van der Waals surface area contributed by atoms with Crippen molar-refractivity contribution in [1.82, 2.24) is 25.5 Å². The fraction of sp³-hybridized carbons (Fsp3) is 0.548. The van der Waals surface area contributed by atoms with Crippen molar-refractivity contribution in [3.63, 3.8) is 0 Å². The number of hydrogen-bond donors (Lipinski definition) is 4. The normalized spacial score (nSPS) is 26.9. The van der Waals surface area contributed by atoms with Gasteiger partial charge in [0.25, 0.3) is 0 Å². The molecule has 3 aliphatic carbocycles. The predicted molar refractivity (Wildman–Crippen MR) is 203 cm³/mol. The fourth-order valence-electron chi connectivity index (χ4n) is 9.14. The van der Waals surface area contributed by atoms with Gasteiger partial charge in [0, 0.05) is 41.7 Å².